The summed E-state index contributed by atoms with van der Waals surface area (Å²) >= 11 is 6.45. The first-order valence-electron chi connectivity index (χ1n) is 12.4. The lowest BCUT2D eigenvalue weighted by atomic mass is 9.97. The molecule has 4 aromatic rings. The Morgan fingerprint density at radius 2 is 1.90 bits per heavy atom. The number of nitrogens with zero attached hydrogens (tertiary/aromatic N) is 3. The van der Waals surface area contributed by atoms with Crippen LogP contribution < -0.4 is 16.2 Å². The third kappa shape index (κ3) is 5.94. The zero-order chi connectivity index (χ0) is 28.8. The van der Waals surface area contributed by atoms with E-state index in [4.69, 9.17) is 17.4 Å². The maximum Gasteiger partial charge on any atom is 0.327 e. The van der Waals surface area contributed by atoms with Crippen LogP contribution >= 0.6 is 11.6 Å². The van der Waals surface area contributed by atoms with Crippen LogP contribution in [0.25, 0.3) is 22.2 Å². The summed E-state index contributed by atoms with van der Waals surface area (Å²) in [5, 5.41) is 10.6. The number of hydrogen-bond acceptors (Lipinski definition) is 6. The fraction of sp³-hybridized carbons (Fsp3) is 0.167. The molecule has 4 rings (SSSR count). The van der Waals surface area contributed by atoms with Crippen molar-refractivity contribution in [2.45, 2.75) is 26.3 Å². The first kappa shape index (κ1) is 28.2. The van der Waals surface area contributed by atoms with Crippen LogP contribution in [0.4, 0.5) is 5.69 Å². The standard InChI is InChI=1S/C30H26ClN5O4/c1-3-18(2)28(30(39)40)36(17-37)22-11-10-20(25(31)14-22)7-4-19-5-8-21(9-6-19)27-15-23(29(38)35-32)24-16-33-13-12-26(24)34-27/h5-6,8-18,28H,3,32H2,1-2H3,(H,35,38)(H,39,40). The lowest BCUT2D eigenvalue weighted by molar-refractivity contribution is -0.140. The van der Waals surface area contributed by atoms with E-state index >= 15 is 0 Å². The minimum atomic E-state index is -1.08. The number of hydrogen-bond donors (Lipinski definition) is 3. The number of anilines is 1. The fourth-order valence-electron chi connectivity index (χ4n) is 4.26. The molecule has 9 nitrogen and oxygen atoms in total. The number of halogens is 1. The van der Waals surface area contributed by atoms with E-state index in [2.05, 4.69) is 27.2 Å². The number of aromatic nitrogens is 2. The highest BCUT2D eigenvalue weighted by atomic mass is 35.5. The molecule has 0 aliphatic carbocycles. The van der Waals surface area contributed by atoms with Crippen LogP contribution in [-0.4, -0.2) is 39.4 Å². The lowest BCUT2D eigenvalue weighted by Gasteiger charge is -2.29. The topological polar surface area (TPSA) is 139 Å². The van der Waals surface area contributed by atoms with Gasteiger partial charge in [0.1, 0.15) is 6.04 Å². The minimum Gasteiger partial charge on any atom is -0.480 e. The predicted octanol–water partition coefficient (Wildman–Crippen LogP) is 4.42. The Bertz CT molecular complexity index is 1650. The summed E-state index contributed by atoms with van der Waals surface area (Å²) < 4.78 is 0. The van der Waals surface area contributed by atoms with Crippen molar-refractivity contribution in [3.05, 3.63) is 88.7 Å². The van der Waals surface area contributed by atoms with Gasteiger partial charge in [-0.2, -0.15) is 0 Å². The Morgan fingerprint density at radius 3 is 2.52 bits per heavy atom. The molecule has 2 atom stereocenters. The highest BCUT2D eigenvalue weighted by Gasteiger charge is 2.30. The molecule has 0 fully saturated rings. The van der Waals surface area contributed by atoms with Gasteiger partial charge in [-0.25, -0.2) is 15.6 Å². The molecule has 0 spiro atoms. The van der Waals surface area contributed by atoms with Crippen molar-refractivity contribution in [1.29, 1.82) is 0 Å². The molecule has 2 amide bonds. The van der Waals surface area contributed by atoms with Crippen molar-refractivity contribution in [2.75, 3.05) is 4.90 Å². The first-order valence-corrected chi connectivity index (χ1v) is 12.8. The summed E-state index contributed by atoms with van der Waals surface area (Å²) in [6.45, 7) is 3.65. The zero-order valence-electron chi connectivity index (χ0n) is 21.8. The number of carboxylic acid groups (broad SMARTS) is 1. The van der Waals surface area contributed by atoms with Gasteiger partial charge in [0.2, 0.25) is 6.41 Å². The van der Waals surface area contributed by atoms with Gasteiger partial charge in [0, 0.05) is 40.2 Å². The van der Waals surface area contributed by atoms with Crippen LogP contribution in [0.2, 0.25) is 5.02 Å². The Hall–Kier alpha value is -4.78. The number of fused-ring (bicyclic) bond motifs is 1. The summed E-state index contributed by atoms with van der Waals surface area (Å²) in [6, 6.07) is 14.5. The molecule has 40 heavy (non-hydrogen) atoms. The van der Waals surface area contributed by atoms with E-state index in [1.54, 1.807) is 43.6 Å². The molecule has 2 aromatic carbocycles. The number of benzene rings is 2. The molecule has 2 aromatic heterocycles. The van der Waals surface area contributed by atoms with Crippen LogP contribution in [0.3, 0.4) is 0 Å². The van der Waals surface area contributed by atoms with Crippen molar-refractivity contribution in [2.24, 2.45) is 11.8 Å². The molecule has 0 aliphatic rings. The first-order chi connectivity index (χ1) is 19.3. The second kappa shape index (κ2) is 12.4. The van der Waals surface area contributed by atoms with Crippen LogP contribution in [0.15, 0.2) is 67.0 Å². The van der Waals surface area contributed by atoms with E-state index in [0.29, 0.717) is 56.8 Å². The monoisotopic (exact) mass is 555 g/mol. The number of nitrogens with one attached hydrogen (secondary N) is 1. The van der Waals surface area contributed by atoms with E-state index in [0.717, 1.165) is 5.56 Å². The van der Waals surface area contributed by atoms with Gasteiger partial charge in [0.25, 0.3) is 5.91 Å². The number of carbonyl (C=O) groups excluding carboxylic acids is 2. The number of pyridine rings is 2. The van der Waals surface area contributed by atoms with Crippen molar-refractivity contribution in [1.82, 2.24) is 15.4 Å². The van der Waals surface area contributed by atoms with E-state index in [-0.39, 0.29) is 5.92 Å². The van der Waals surface area contributed by atoms with E-state index in [1.165, 1.54) is 11.0 Å². The predicted molar refractivity (Wildman–Crippen MR) is 153 cm³/mol. The number of hydrazine groups is 1. The van der Waals surface area contributed by atoms with E-state index in [1.807, 2.05) is 31.2 Å². The molecule has 2 unspecified atom stereocenters. The van der Waals surface area contributed by atoms with Crippen LogP contribution in [-0.2, 0) is 9.59 Å². The molecular weight excluding hydrogens is 530 g/mol. The number of amides is 2. The third-order valence-corrected chi connectivity index (χ3v) is 6.92. The SMILES string of the molecule is CCC(C)C(C(=O)O)N(C=O)c1ccc(C#Cc2ccc(-c3cc(C(=O)NN)c4cnccc4n3)cc2)c(Cl)c1. The van der Waals surface area contributed by atoms with Gasteiger partial charge in [-0.15, -0.1) is 0 Å². The summed E-state index contributed by atoms with van der Waals surface area (Å²) in [4.78, 5) is 45.9. The maximum absolute atomic E-state index is 12.3. The normalized spacial score (nSPS) is 12.1. The van der Waals surface area contributed by atoms with Gasteiger partial charge in [-0.3, -0.25) is 20.0 Å². The fourth-order valence-corrected chi connectivity index (χ4v) is 4.48. The van der Waals surface area contributed by atoms with Gasteiger partial charge in [-0.05, 0) is 48.4 Å². The Kier molecular flexibility index (Phi) is 8.74. The number of nitrogen functional groups attached to an aromatic ring is 1. The highest BCUT2D eigenvalue weighted by molar-refractivity contribution is 6.32. The van der Waals surface area contributed by atoms with Gasteiger partial charge in [0.05, 0.1) is 21.8 Å². The minimum absolute atomic E-state index is 0.255. The molecule has 202 valence electrons. The summed E-state index contributed by atoms with van der Waals surface area (Å²) in [5.74, 6) is 9.66. The molecule has 0 saturated heterocycles. The molecule has 10 heteroatoms. The third-order valence-electron chi connectivity index (χ3n) is 6.61. The van der Waals surface area contributed by atoms with Crippen LogP contribution in [0.1, 0.15) is 41.8 Å². The molecule has 0 saturated carbocycles. The molecule has 0 aliphatic heterocycles. The lowest BCUT2D eigenvalue weighted by Crippen LogP contribution is -2.45. The Labute approximate surface area is 236 Å². The Balaban J connectivity index is 1.59. The molecule has 2 heterocycles. The highest BCUT2D eigenvalue weighted by Crippen LogP contribution is 2.28. The van der Waals surface area contributed by atoms with E-state index in [9.17, 15) is 19.5 Å². The summed E-state index contributed by atoms with van der Waals surface area (Å²) in [7, 11) is 0. The van der Waals surface area contributed by atoms with Crippen molar-refractivity contribution in [3.8, 4) is 23.1 Å². The number of carboxylic acids is 1. The quantitative estimate of drug-likeness (QED) is 0.0961. The molecule has 4 N–H and O–H groups in total. The maximum atomic E-state index is 12.3. The number of rotatable bonds is 8. The average molecular weight is 556 g/mol. The average Bonchev–Trinajstić information content (AvgIpc) is 2.97. The molecule has 0 radical (unpaired) electrons. The van der Waals surface area contributed by atoms with E-state index < -0.39 is 17.9 Å². The van der Waals surface area contributed by atoms with Gasteiger partial charge < -0.3 is 10.0 Å². The Morgan fingerprint density at radius 1 is 1.15 bits per heavy atom. The second-order valence-electron chi connectivity index (χ2n) is 9.09. The van der Waals surface area contributed by atoms with Crippen molar-refractivity contribution >= 4 is 46.5 Å². The number of aliphatic carboxylic acids is 1. The largest absolute Gasteiger partial charge is 0.480 e. The summed E-state index contributed by atoms with van der Waals surface area (Å²) in [6.07, 6.45) is 4.28. The molecular formula is C30H26ClN5O4. The van der Waals surface area contributed by atoms with Gasteiger partial charge in [0.15, 0.2) is 0 Å². The number of nitrogens with two attached hydrogens (primary N) is 1. The van der Waals surface area contributed by atoms with Crippen molar-refractivity contribution < 1.29 is 19.5 Å². The smallest absolute Gasteiger partial charge is 0.327 e. The van der Waals surface area contributed by atoms with Crippen molar-refractivity contribution in [3.63, 3.8) is 0 Å². The van der Waals surface area contributed by atoms with Crippen LogP contribution in [0, 0.1) is 17.8 Å². The van der Waals surface area contributed by atoms with Crippen LogP contribution in [0.5, 0.6) is 0 Å². The van der Waals surface area contributed by atoms with Gasteiger partial charge in [-0.1, -0.05) is 55.8 Å². The van der Waals surface area contributed by atoms with Gasteiger partial charge >= 0.3 is 5.97 Å². The number of carbonyl (C=O) groups is 3. The summed E-state index contributed by atoms with van der Waals surface area (Å²) in [5.41, 5.74) is 6.12. The zero-order valence-corrected chi connectivity index (χ0v) is 22.5. The second-order valence-corrected chi connectivity index (χ2v) is 9.50. The molecule has 0 bridgehead atoms.